The number of amides is 2. The molecule has 3 N–H and O–H groups in total. The van der Waals surface area contributed by atoms with Gasteiger partial charge in [0.2, 0.25) is 0 Å². The van der Waals surface area contributed by atoms with Gasteiger partial charge >= 0.3 is 6.03 Å². The second kappa shape index (κ2) is 9.37. The molecule has 0 fully saturated rings. The molecule has 1 aromatic carbocycles. The number of aliphatic hydroxyl groups is 1. The van der Waals surface area contributed by atoms with Crippen LogP contribution in [0.2, 0.25) is 0 Å². The maximum Gasteiger partial charge on any atom is 0.315 e. The highest BCUT2D eigenvalue weighted by molar-refractivity contribution is 5.74. The maximum atomic E-state index is 11.9. The van der Waals surface area contributed by atoms with Crippen molar-refractivity contribution in [1.29, 1.82) is 0 Å². The van der Waals surface area contributed by atoms with Gasteiger partial charge in [0.05, 0.1) is 12.6 Å². The van der Waals surface area contributed by atoms with Crippen LogP contribution in [-0.4, -0.2) is 48.3 Å². The first-order valence-electron chi connectivity index (χ1n) is 7.52. The number of benzene rings is 1. The molecule has 0 aliphatic carbocycles. The standard InChI is InChI=1S/C16H27N3O2/c1-4-19(13(2)3)11-10-17-16(21)18-15(12-20)14-8-6-5-7-9-14/h5-9,13,15,20H,4,10-12H2,1-3H3,(H2,17,18,21)/t15-/m1/s1. The second-order valence-corrected chi connectivity index (χ2v) is 5.27. The SMILES string of the molecule is CCN(CCNC(=O)N[C@H](CO)c1ccccc1)C(C)C. The fourth-order valence-corrected chi connectivity index (χ4v) is 2.22. The minimum absolute atomic E-state index is 0.121. The van der Waals surface area contributed by atoms with Crippen molar-refractivity contribution in [3.05, 3.63) is 35.9 Å². The molecule has 1 aromatic rings. The summed E-state index contributed by atoms with van der Waals surface area (Å²) in [6.07, 6.45) is 0. The van der Waals surface area contributed by atoms with Crippen LogP contribution in [0.5, 0.6) is 0 Å². The molecule has 0 saturated carbocycles. The first-order chi connectivity index (χ1) is 10.1. The number of aliphatic hydroxyl groups excluding tert-OH is 1. The zero-order valence-electron chi connectivity index (χ0n) is 13.2. The highest BCUT2D eigenvalue weighted by atomic mass is 16.3. The molecule has 0 unspecified atom stereocenters. The van der Waals surface area contributed by atoms with E-state index in [1.165, 1.54) is 0 Å². The lowest BCUT2D eigenvalue weighted by Crippen LogP contribution is -2.43. The second-order valence-electron chi connectivity index (χ2n) is 5.27. The molecule has 5 heteroatoms. The third kappa shape index (κ3) is 6.14. The van der Waals surface area contributed by atoms with Gasteiger partial charge in [0.25, 0.3) is 0 Å². The van der Waals surface area contributed by atoms with Gasteiger partial charge in [-0.1, -0.05) is 37.3 Å². The summed E-state index contributed by atoms with van der Waals surface area (Å²) < 4.78 is 0. The molecule has 0 bridgehead atoms. The fraction of sp³-hybridized carbons (Fsp3) is 0.562. The van der Waals surface area contributed by atoms with Crippen LogP contribution in [0, 0.1) is 0 Å². The van der Waals surface area contributed by atoms with Gasteiger partial charge in [-0.15, -0.1) is 0 Å². The summed E-state index contributed by atoms with van der Waals surface area (Å²) in [6, 6.07) is 9.30. The van der Waals surface area contributed by atoms with Gasteiger partial charge < -0.3 is 15.7 Å². The molecule has 0 radical (unpaired) electrons. The van der Waals surface area contributed by atoms with Crippen LogP contribution in [0.25, 0.3) is 0 Å². The van der Waals surface area contributed by atoms with E-state index in [0.29, 0.717) is 12.6 Å². The van der Waals surface area contributed by atoms with Crippen molar-refractivity contribution in [1.82, 2.24) is 15.5 Å². The number of carbonyl (C=O) groups excluding carboxylic acids is 1. The molecule has 0 heterocycles. The van der Waals surface area contributed by atoms with E-state index in [4.69, 9.17) is 0 Å². The minimum atomic E-state index is -0.376. The van der Waals surface area contributed by atoms with Crippen LogP contribution < -0.4 is 10.6 Å². The lowest BCUT2D eigenvalue weighted by Gasteiger charge is -2.25. The summed E-state index contributed by atoms with van der Waals surface area (Å²) in [5.41, 5.74) is 0.896. The number of rotatable bonds is 8. The lowest BCUT2D eigenvalue weighted by molar-refractivity contribution is 0.209. The van der Waals surface area contributed by atoms with Gasteiger partial charge in [-0.05, 0) is 26.0 Å². The number of carbonyl (C=O) groups is 1. The van der Waals surface area contributed by atoms with Crippen molar-refractivity contribution in [3.8, 4) is 0 Å². The quantitative estimate of drug-likeness (QED) is 0.684. The molecule has 21 heavy (non-hydrogen) atoms. The molecule has 0 aliphatic rings. The van der Waals surface area contributed by atoms with Crippen molar-refractivity contribution in [3.63, 3.8) is 0 Å². The van der Waals surface area contributed by atoms with Crippen molar-refractivity contribution in [2.45, 2.75) is 32.9 Å². The molecule has 1 atom stereocenters. The predicted octanol–water partition coefficient (Wildman–Crippen LogP) is 1.75. The summed E-state index contributed by atoms with van der Waals surface area (Å²) in [5, 5.41) is 15.0. The Hall–Kier alpha value is -1.59. The topological polar surface area (TPSA) is 64.6 Å². The zero-order chi connectivity index (χ0) is 15.7. The van der Waals surface area contributed by atoms with E-state index in [1.807, 2.05) is 30.3 Å². The Morgan fingerprint density at radius 3 is 2.48 bits per heavy atom. The molecule has 0 aromatic heterocycles. The first kappa shape index (κ1) is 17.5. The maximum absolute atomic E-state index is 11.9. The normalized spacial score (nSPS) is 12.5. The number of urea groups is 1. The van der Waals surface area contributed by atoms with Crippen molar-refractivity contribution in [2.75, 3.05) is 26.2 Å². The lowest BCUT2D eigenvalue weighted by atomic mass is 10.1. The Bertz CT molecular complexity index is 409. The minimum Gasteiger partial charge on any atom is -0.394 e. The average molecular weight is 293 g/mol. The Morgan fingerprint density at radius 1 is 1.29 bits per heavy atom. The smallest absolute Gasteiger partial charge is 0.315 e. The van der Waals surface area contributed by atoms with E-state index in [1.54, 1.807) is 0 Å². The Labute approximate surface area is 127 Å². The van der Waals surface area contributed by atoms with Gasteiger partial charge in [0, 0.05) is 19.1 Å². The van der Waals surface area contributed by atoms with E-state index in [2.05, 4.69) is 36.3 Å². The monoisotopic (exact) mass is 293 g/mol. The molecule has 0 saturated heterocycles. The molecule has 2 amide bonds. The van der Waals surface area contributed by atoms with Gasteiger partial charge in [-0.2, -0.15) is 0 Å². The van der Waals surface area contributed by atoms with Gasteiger partial charge in [-0.3, -0.25) is 4.90 Å². The van der Waals surface area contributed by atoms with Gasteiger partial charge in [-0.25, -0.2) is 4.79 Å². The van der Waals surface area contributed by atoms with Gasteiger partial charge in [0.15, 0.2) is 0 Å². The van der Waals surface area contributed by atoms with Crippen LogP contribution >= 0.6 is 0 Å². The fourth-order valence-electron chi connectivity index (χ4n) is 2.22. The molecule has 118 valence electrons. The van der Waals surface area contributed by atoms with Crippen LogP contribution in [0.15, 0.2) is 30.3 Å². The van der Waals surface area contributed by atoms with E-state index in [-0.39, 0.29) is 18.7 Å². The molecular weight excluding hydrogens is 266 g/mol. The molecular formula is C16H27N3O2. The largest absolute Gasteiger partial charge is 0.394 e. The number of hydrogen-bond donors (Lipinski definition) is 3. The van der Waals surface area contributed by atoms with E-state index in [9.17, 15) is 9.90 Å². The molecule has 0 spiro atoms. The summed E-state index contributed by atoms with van der Waals surface area (Å²) >= 11 is 0. The van der Waals surface area contributed by atoms with Gasteiger partial charge in [0.1, 0.15) is 0 Å². The number of nitrogens with one attached hydrogen (secondary N) is 2. The third-order valence-corrected chi connectivity index (χ3v) is 3.51. The van der Waals surface area contributed by atoms with E-state index < -0.39 is 0 Å². The van der Waals surface area contributed by atoms with Crippen molar-refractivity contribution >= 4 is 6.03 Å². The van der Waals surface area contributed by atoms with Crippen LogP contribution in [0.1, 0.15) is 32.4 Å². The number of likely N-dealkylation sites (N-methyl/N-ethyl adjacent to an activating group) is 1. The Balaban J connectivity index is 2.39. The number of nitrogens with zero attached hydrogens (tertiary/aromatic N) is 1. The average Bonchev–Trinajstić information content (AvgIpc) is 2.49. The highest BCUT2D eigenvalue weighted by Crippen LogP contribution is 2.10. The highest BCUT2D eigenvalue weighted by Gasteiger charge is 2.13. The van der Waals surface area contributed by atoms with E-state index in [0.717, 1.165) is 18.7 Å². The number of hydrogen-bond acceptors (Lipinski definition) is 3. The summed E-state index contributed by atoms with van der Waals surface area (Å²) in [6.45, 7) is 8.63. The Morgan fingerprint density at radius 2 is 1.95 bits per heavy atom. The molecule has 5 nitrogen and oxygen atoms in total. The summed E-state index contributed by atoms with van der Waals surface area (Å²) in [5.74, 6) is 0. The van der Waals surface area contributed by atoms with Crippen molar-refractivity contribution in [2.24, 2.45) is 0 Å². The van der Waals surface area contributed by atoms with E-state index >= 15 is 0 Å². The van der Waals surface area contributed by atoms with Crippen LogP contribution in [-0.2, 0) is 0 Å². The third-order valence-electron chi connectivity index (χ3n) is 3.51. The Kier molecular flexibility index (Phi) is 7.79. The molecule has 1 rings (SSSR count). The summed E-state index contributed by atoms with van der Waals surface area (Å²) in [4.78, 5) is 14.2. The molecule has 0 aliphatic heterocycles. The van der Waals surface area contributed by atoms with Crippen LogP contribution in [0.3, 0.4) is 0 Å². The van der Waals surface area contributed by atoms with Crippen LogP contribution in [0.4, 0.5) is 4.79 Å². The summed E-state index contributed by atoms with van der Waals surface area (Å²) in [7, 11) is 0. The zero-order valence-corrected chi connectivity index (χ0v) is 13.2. The predicted molar refractivity (Wildman–Crippen MR) is 85.2 cm³/mol. The van der Waals surface area contributed by atoms with Crippen molar-refractivity contribution < 1.29 is 9.90 Å². The first-order valence-corrected chi connectivity index (χ1v) is 7.52.